The molecule has 0 aliphatic rings. The van der Waals surface area contributed by atoms with Crippen molar-refractivity contribution in [3.63, 3.8) is 0 Å². The zero-order valence-corrected chi connectivity index (χ0v) is 21.0. The highest BCUT2D eigenvalue weighted by molar-refractivity contribution is 6.10. The molecule has 182 valence electrons. The summed E-state index contributed by atoms with van der Waals surface area (Å²) >= 11 is 0. The van der Waals surface area contributed by atoms with Crippen molar-refractivity contribution in [2.75, 3.05) is 0 Å². The highest BCUT2D eigenvalue weighted by Gasteiger charge is 2.12. The Morgan fingerprint density at radius 3 is 1.85 bits per heavy atom. The number of pyridine rings is 2. The molecule has 0 bridgehead atoms. The number of aromatic nitrogens is 2. The van der Waals surface area contributed by atoms with Gasteiger partial charge in [0.05, 0.1) is 16.9 Å². The first kappa shape index (κ1) is 21.8. The molecular formula is C36H22N2O. The maximum atomic E-state index is 6.09. The molecule has 8 rings (SSSR count). The van der Waals surface area contributed by atoms with E-state index in [0.29, 0.717) is 0 Å². The summed E-state index contributed by atoms with van der Waals surface area (Å²) in [7, 11) is 0. The SMILES string of the molecule is c1ccc2c(c1)nc(-c1ccc(-c3ccc(-c4ccc5c(c4)oc4ccccc45)cc3)cn1)c1ccccc12. The number of furan rings is 1. The van der Waals surface area contributed by atoms with Gasteiger partial charge in [-0.3, -0.25) is 4.98 Å². The number of nitrogens with zero attached hydrogens (tertiary/aromatic N) is 2. The molecule has 0 unspecified atom stereocenters. The van der Waals surface area contributed by atoms with Crippen LogP contribution in [0.4, 0.5) is 0 Å². The van der Waals surface area contributed by atoms with Gasteiger partial charge in [0.25, 0.3) is 0 Å². The van der Waals surface area contributed by atoms with E-state index in [1.807, 2.05) is 30.5 Å². The Labute approximate surface area is 225 Å². The number of para-hydroxylation sites is 2. The normalized spacial score (nSPS) is 11.6. The molecule has 0 saturated carbocycles. The van der Waals surface area contributed by atoms with Crippen LogP contribution in [-0.4, -0.2) is 9.97 Å². The summed E-state index contributed by atoms with van der Waals surface area (Å²) in [5, 5.41) is 5.76. The first-order valence-electron chi connectivity index (χ1n) is 13.1. The third-order valence-electron chi connectivity index (χ3n) is 7.55. The van der Waals surface area contributed by atoms with Crippen molar-refractivity contribution in [2.45, 2.75) is 0 Å². The van der Waals surface area contributed by atoms with Gasteiger partial charge in [0.1, 0.15) is 11.2 Å². The molecule has 3 nitrogen and oxygen atoms in total. The Hall–Kier alpha value is -5.28. The number of rotatable bonds is 3. The summed E-state index contributed by atoms with van der Waals surface area (Å²) in [4.78, 5) is 9.83. The second-order valence-corrected chi connectivity index (χ2v) is 9.84. The van der Waals surface area contributed by atoms with Crippen LogP contribution in [-0.2, 0) is 0 Å². The van der Waals surface area contributed by atoms with E-state index >= 15 is 0 Å². The fraction of sp³-hybridized carbons (Fsp3) is 0. The molecular weight excluding hydrogens is 476 g/mol. The van der Waals surface area contributed by atoms with Gasteiger partial charge < -0.3 is 4.42 Å². The molecule has 8 aromatic rings. The number of fused-ring (bicyclic) bond motifs is 6. The van der Waals surface area contributed by atoms with Crippen LogP contribution in [0.5, 0.6) is 0 Å². The van der Waals surface area contributed by atoms with Crippen LogP contribution in [0.15, 0.2) is 138 Å². The molecule has 0 radical (unpaired) electrons. The van der Waals surface area contributed by atoms with E-state index in [1.54, 1.807) is 0 Å². The smallest absolute Gasteiger partial charge is 0.136 e. The Bertz CT molecular complexity index is 2160. The van der Waals surface area contributed by atoms with Crippen molar-refractivity contribution in [2.24, 2.45) is 0 Å². The molecule has 5 aromatic carbocycles. The number of benzene rings is 5. The first-order valence-corrected chi connectivity index (χ1v) is 13.1. The second kappa shape index (κ2) is 8.64. The fourth-order valence-electron chi connectivity index (χ4n) is 5.56. The van der Waals surface area contributed by atoms with Crippen LogP contribution in [0.2, 0.25) is 0 Å². The van der Waals surface area contributed by atoms with Crippen LogP contribution < -0.4 is 0 Å². The minimum absolute atomic E-state index is 0.872. The maximum absolute atomic E-state index is 6.09. The molecule has 3 heteroatoms. The summed E-state index contributed by atoms with van der Waals surface area (Å²) < 4.78 is 6.09. The maximum Gasteiger partial charge on any atom is 0.136 e. The van der Waals surface area contributed by atoms with Crippen molar-refractivity contribution in [1.82, 2.24) is 9.97 Å². The van der Waals surface area contributed by atoms with Crippen LogP contribution in [0.3, 0.4) is 0 Å². The Balaban J connectivity index is 1.13. The van der Waals surface area contributed by atoms with Crippen molar-refractivity contribution in [3.05, 3.63) is 134 Å². The molecule has 0 amide bonds. The van der Waals surface area contributed by atoms with Gasteiger partial charge in [-0.25, -0.2) is 4.98 Å². The zero-order valence-electron chi connectivity index (χ0n) is 21.0. The van der Waals surface area contributed by atoms with Gasteiger partial charge in [-0.2, -0.15) is 0 Å². The van der Waals surface area contributed by atoms with E-state index in [1.165, 1.54) is 5.39 Å². The van der Waals surface area contributed by atoms with Gasteiger partial charge >= 0.3 is 0 Å². The van der Waals surface area contributed by atoms with Crippen molar-refractivity contribution in [3.8, 4) is 33.6 Å². The molecule has 0 aliphatic heterocycles. The highest BCUT2D eigenvalue weighted by Crippen LogP contribution is 2.34. The van der Waals surface area contributed by atoms with E-state index in [0.717, 1.165) is 71.9 Å². The lowest BCUT2D eigenvalue weighted by atomic mass is 9.99. The third kappa shape index (κ3) is 3.59. The lowest BCUT2D eigenvalue weighted by Crippen LogP contribution is -1.92. The minimum atomic E-state index is 0.872. The molecule has 0 fully saturated rings. The fourth-order valence-corrected chi connectivity index (χ4v) is 5.56. The van der Waals surface area contributed by atoms with Crippen molar-refractivity contribution >= 4 is 43.6 Å². The summed E-state index contributed by atoms with van der Waals surface area (Å²) in [6.07, 6.45) is 1.94. The first-order chi connectivity index (χ1) is 19.3. The van der Waals surface area contributed by atoms with E-state index in [4.69, 9.17) is 14.4 Å². The van der Waals surface area contributed by atoms with Gasteiger partial charge in [-0.15, -0.1) is 0 Å². The molecule has 0 spiro atoms. The van der Waals surface area contributed by atoms with E-state index < -0.39 is 0 Å². The lowest BCUT2D eigenvalue weighted by Gasteiger charge is -2.10. The molecule has 0 saturated heterocycles. The van der Waals surface area contributed by atoms with E-state index in [9.17, 15) is 0 Å². The van der Waals surface area contributed by atoms with Crippen LogP contribution in [0.1, 0.15) is 0 Å². The average molecular weight is 499 g/mol. The highest BCUT2D eigenvalue weighted by atomic mass is 16.3. The Morgan fingerprint density at radius 1 is 0.436 bits per heavy atom. The molecule has 0 atom stereocenters. The van der Waals surface area contributed by atoms with Gasteiger partial charge in [-0.05, 0) is 52.4 Å². The minimum Gasteiger partial charge on any atom is -0.456 e. The standard InChI is InChI=1S/C36H22N2O/c1-2-10-31-27(7-1)28-8-3-5-11-32(28)38-36(31)33-20-18-26(22-37-33)24-15-13-23(14-16-24)25-17-19-30-29-9-4-6-12-34(29)39-35(30)21-25/h1-22H. The summed E-state index contributed by atoms with van der Waals surface area (Å²) in [6.45, 7) is 0. The van der Waals surface area contributed by atoms with E-state index in [-0.39, 0.29) is 0 Å². The quantitative estimate of drug-likeness (QED) is 0.228. The predicted octanol–water partition coefficient (Wildman–Crippen LogP) is 9.68. The van der Waals surface area contributed by atoms with Crippen LogP contribution in [0.25, 0.3) is 77.3 Å². The number of hydrogen-bond donors (Lipinski definition) is 0. The van der Waals surface area contributed by atoms with Crippen molar-refractivity contribution < 1.29 is 4.42 Å². The molecule has 0 N–H and O–H groups in total. The number of hydrogen-bond acceptors (Lipinski definition) is 3. The molecule has 3 aromatic heterocycles. The van der Waals surface area contributed by atoms with Crippen LogP contribution >= 0.6 is 0 Å². The Kier molecular flexibility index (Phi) is 4.82. The summed E-state index contributed by atoms with van der Waals surface area (Å²) in [6, 6.07) is 44.1. The monoisotopic (exact) mass is 498 g/mol. The third-order valence-corrected chi connectivity index (χ3v) is 7.55. The van der Waals surface area contributed by atoms with Gasteiger partial charge in [0, 0.05) is 33.3 Å². The molecule has 0 aliphatic carbocycles. The average Bonchev–Trinajstić information content (AvgIpc) is 3.39. The molecule has 3 heterocycles. The van der Waals surface area contributed by atoms with Gasteiger partial charge in [-0.1, -0.05) is 97.1 Å². The second-order valence-electron chi connectivity index (χ2n) is 9.84. The Morgan fingerprint density at radius 2 is 1.05 bits per heavy atom. The lowest BCUT2D eigenvalue weighted by molar-refractivity contribution is 0.669. The van der Waals surface area contributed by atoms with Gasteiger partial charge in [0.15, 0.2) is 0 Å². The molecule has 39 heavy (non-hydrogen) atoms. The van der Waals surface area contributed by atoms with Crippen LogP contribution in [0, 0.1) is 0 Å². The summed E-state index contributed by atoms with van der Waals surface area (Å²) in [5.41, 5.74) is 9.07. The summed E-state index contributed by atoms with van der Waals surface area (Å²) in [5.74, 6) is 0. The van der Waals surface area contributed by atoms with Crippen molar-refractivity contribution in [1.29, 1.82) is 0 Å². The topological polar surface area (TPSA) is 38.9 Å². The van der Waals surface area contributed by atoms with E-state index in [2.05, 4.69) is 103 Å². The predicted molar refractivity (Wildman–Crippen MR) is 161 cm³/mol. The zero-order chi connectivity index (χ0) is 25.8. The van der Waals surface area contributed by atoms with Gasteiger partial charge in [0.2, 0.25) is 0 Å². The largest absolute Gasteiger partial charge is 0.456 e.